The van der Waals surface area contributed by atoms with Crippen molar-refractivity contribution in [3.63, 3.8) is 0 Å². The van der Waals surface area contributed by atoms with Crippen LogP contribution in [0.25, 0.3) is 0 Å². The molecule has 33 heavy (non-hydrogen) atoms. The number of likely N-dealkylation sites (tertiary alicyclic amines) is 1. The summed E-state index contributed by atoms with van der Waals surface area (Å²) in [7, 11) is 0. The predicted molar refractivity (Wildman–Crippen MR) is 129 cm³/mol. The highest BCUT2D eigenvalue weighted by Gasteiger charge is 2.25. The van der Waals surface area contributed by atoms with Crippen LogP contribution >= 0.6 is 0 Å². The Hall–Kier alpha value is -3.19. The summed E-state index contributed by atoms with van der Waals surface area (Å²) >= 11 is 0. The summed E-state index contributed by atoms with van der Waals surface area (Å²) in [5.74, 6) is -0.780. The molecule has 2 unspecified atom stereocenters. The van der Waals surface area contributed by atoms with Crippen LogP contribution < -0.4 is 16.4 Å². The highest BCUT2D eigenvalue weighted by molar-refractivity contribution is 5.97. The zero-order valence-corrected chi connectivity index (χ0v) is 19.4. The minimum absolute atomic E-state index is 0.0544. The van der Waals surface area contributed by atoms with Gasteiger partial charge in [-0.15, -0.1) is 0 Å². The van der Waals surface area contributed by atoms with Gasteiger partial charge in [-0.25, -0.2) is 0 Å². The summed E-state index contributed by atoms with van der Waals surface area (Å²) < 4.78 is 0. The van der Waals surface area contributed by atoms with Crippen LogP contribution in [0.2, 0.25) is 0 Å². The molecule has 2 atom stereocenters. The van der Waals surface area contributed by atoms with Crippen molar-refractivity contribution in [1.82, 2.24) is 10.2 Å². The Morgan fingerprint density at radius 2 is 1.73 bits per heavy atom. The molecule has 0 radical (unpaired) electrons. The van der Waals surface area contributed by atoms with Crippen LogP contribution in [0.1, 0.15) is 37.8 Å². The standard InChI is InChI=1S/C26H34N4O3/c1-18(2)24(29-23(31)15-19-7-4-3-5-8-19)26(33)28-22-12-10-20(11-13-22)16-30-14-6-9-21(17-30)25(27)32/h3-5,7-8,10-13,18,21,24H,6,9,14-17H2,1-2H3,(H2,27,32)(H,28,33)(H,29,31). The number of carbonyl (C=O) groups is 3. The lowest BCUT2D eigenvalue weighted by atomic mass is 9.97. The molecule has 2 aromatic rings. The van der Waals surface area contributed by atoms with Gasteiger partial charge < -0.3 is 16.4 Å². The maximum atomic E-state index is 12.9. The van der Waals surface area contributed by atoms with Crippen molar-refractivity contribution in [2.45, 2.75) is 45.7 Å². The number of benzene rings is 2. The van der Waals surface area contributed by atoms with E-state index >= 15 is 0 Å². The molecule has 1 aliphatic rings. The molecule has 7 nitrogen and oxygen atoms in total. The van der Waals surface area contributed by atoms with Gasteiger partial charge in [-0.3, -0.25) is 19.3 Å². The Morgan fingerprint density at radius 1 is 1.03 bits per heavy atom. The lowest BCUT2D eigenvalue weighted by Gasteiger charge is -2.31. The summed E-state index contributed by atoms with van der Waals surface area (Å²) in [5.41, 5.74) is 8.17. The topological polar surface area (TPSA) is 105 Å². The number of hydrogen-bond donors (Lipinski definition) is 3. The molecule has 0 saturated carbocycles. The maximum absolute atomic E-state index is 12.9. The third kappa shape index (κ3) is 7.43. The number of nitrogens with two attached hydrogens (primary N) is 1. The molecule has 1 aliphatic heterocycles. The molecule has 1 heterocycles. The molecule has 176 valence electrons. The van der Waals surface area contributed by atoms with Gasteiger partial charge in [-0.2, -0.15) is 0 Å². The highest BCUT2D eigenvalue weighted by atomic mass is 16.2. The van der Waals surface area contributed by atoms with Crippen LogP contribution in [0.15, 0.2) is 54.6 Å². The van der Waals surface area contributed by atoms with E-state index in [0.29, 0.717) is 12.2 Å². The van der Waals surface area contributed by atoms with E-state index in [1.54, 1.807) is 0 Å². The summed E-state index contributed by atoms with van der Waals surface area (Å²) in [4.78, 5) is 39.1. The van der Waals surface area contributed by atoms with Gasteiger partial charge in [-0.1, -0.05) is 56.3 Å². The van der Waals surface area contributed by atoms with Crippen molar-refractivity contribution in [1.29, 1.82) is 0 Å². The number of nitrogens with one attached hydrogen (secondary N) is 2. The van der Waals surface area contributed by atoms with E-state index in [1.807, 2.05) is 68.4 Å². The van der Waals surface area contributed by atoms with Gasteiger partial charge in [0.25, 0.3) is 0 Å². The monoisotopic (exact) mass is 450 g/mol. The van der Waals surface area contributed by atoms with Crippen LogP contribution in [0.4, 0.5) is 5.69 Å². The normalized spacial score (nSPS) is 17.4. The van der Waals surface area contributed by atoms with Gasteiger partial charge in [-0.05, 0) is 48.6 Å². The number of hydrogen-bond acceptors (Lipinski definition) is 4. The van der Waals surface area contributed by atoms with Gasteiger partial charge in [0, 0.05) is 18.8 Å². The fourth-order valence-electron chi connectivity index (χ4n) is 4.14. The first-order valence-electron chi connectivity index (χ1n) is 11.6. The first kappa shape index (κ1) is 24.5. The third-order valence-corrected chi connectivity index (χ3v) is 6.01. The second-order valence-corrected chi connectivity index (χ2v) is 9.11. The molecular formula is C26H34N4O3. The summed E-state index contributed by atoms with van der Waals surface area (Å²) in [6.07, 6.45) is 2.06. The van der Waals surface area contributed by atoms with E-state index in [9.17, 15) is 14.4 Å². The number of anilines is 1. The zero-order valence-electron chi connectivity index (χ0n) is 19.4. The van der Waals surface area contributed by atoms with Crippen LogP contribution in [0.5, 0.6) is 0 Å². The molecule has 7 heteroatoms. The van der Waals surface area contributed by atoms with Crippen molar-refractivity contribution in [3.8, 4) is 0 Å². The van der Waals surface area contributed by atoms with E-state index in [-0.39, 0.29) is 36.0 Å². The van der Waals surface area contributed by atoms with Gasteiger partial charge in [0.15, 0.2) is 0 Å². The largest absolute Gasteiger partial charge is 0.369 e. The first-order chi connectivity index (χ1) is 15.8. The molecule has 1 saturated heterocycles. The molecule has 3 rings (SSSR count). The molecule has 1 fully saturated rings. The summed E-state index contributed by atoms with van der Waals surface area (Å²) in [6, 6.07) is 16.5. The number of carbonyl (C=O) groups excluding carboxylic acids is 3. The minimum atomic E-state index is -0.625. The van der Waals surface area contributed by atoms with Gasteiger partial charge in [0.2, 0.25) is 17.7 Å². The molecule has 0 aliphatic carbocycles. The minimum Gasteiger partial charge on any atom is -0.369 e. The highest BCUT2D eigenvalue weighted by Crippen LogP contribution is 2.19. The Bertz CT molecular complexity index is 944. The zero-order chi connectivity index (χ0) is 23.8. The summed E-state index contributed by atoms with van der Waals surface area (Å²) in [6.45, 7) is 6.19. The molecule has 0 bridgehead atoms. The van der Waals surface area contributed by atoms with E-state index in [1.165, 1.54) is 0 Å². The maximum Gasteiger partial charge on any atom is 0.247 e. The van der Waals surface area contributed by atoms with Gasteiger partial charge >= 0.3 is 0 Å². The Kier molecular flexibility index (Phi) is 8.60. The Balaban J connectivity index is 1.54. The number of nitrogens with zero attached hydrogens (tertiary/aromatic N) is 1. The van der Waals surface area contributed by atoms with Crippen molar-refractivity contribution >= 4 is 23.4 Å². The van der Waals surface area contributed by atoms with Crippen molar-refractivity contribution in [3.05, 3.63) is 65.7 Å². The van der Waals surface area contributed by atoms with E-state index in [0.717, 1.165) is 37.1 Å². The fraction of sp³-hybridized carbons (Fsp3) is 0.423. The quantitative estimate of drug-likeness (QED) is 0.546. The number of primary amides is 1. The second-order valence-electron chi connectivity index (χ2n) is 9.11. The Morgan fingerprint density at radius 3 is 2.36 bits per heavy atom. The molecule has 0 spiro atoms. The van der Waals surface area contributed by atoms with Crippen molar-refractivity contribution in [2.24, 2.45) is 17.6 Å². The number of piperidine rings is 1. The van der Waals surface area contributed by atoms with Crippen LogP contribution in [0, 0.1) is 11.8 Å². The van der Waals surface area contributed by atoms with Crippen LogP contribution in [-0.2, 0) is 27.3 Å². The van der Waals surface area contributed by atoms with E-state index in [2.05, 4.69) is 15.5 Å². The van der Waals surface area contributed by atoms with Gasteiger partial charge in [0.1, 0.15) is 6.04 Å². The lowest BCUT2D eigenvalue weighted by Crippen LogP contribution is -2.47. The van der Waals surface area contributed by atoms with E-state index in [4.69, 9.17) is 5.73 Å². The molecule has 0 aromatic heterocycles. The number of rotatable bonds is 9. The average molecular weight is 451 g/mol. The molecular weight excluding hydrogens is 416 g/mol. The SMILES string of the molecule is CC(C)C(NC(=O)Cc1ccccc1)C(=O)Nc1ccc(CN2CCCC(C(N)=O)C2)cc1. The smallest absolute Gasteiger partial charge is 0.247 e. The van der Waals surface area contributed by atoms with Gasteiger partial charge in [0.05, 0.1) is 12.3 Å². The second kappa shape index (κ2) is 11.6. The average Bonchev–Trinajstić information content (AvgIpc) is 2.79. The predicted octanol–water partition coefficient (Wildman–Crippen LogP) is 2.71. The van der Waals surface area contributed by atoms with E-state index < -0.39 is 6.04 Å². The number of amides is 3. The Labute approximate surface area is 195 Å². The molecule has 2 aromatic carbocycles. The van der Waals surface area contributed by atoms with Crippen LogP contribution in [-0.4, -0.2) is 41.8 Å². The molecule has 4 N–H and O–H groups in total. The van der Waals surface area contributed by atoms with Crippen molar-refractivity contribution < 1.29 is 14.4 Å². The van der Waals surface area contributed by atoms with Crippen LogP contribution in [0.3, 0.4) is 0 Å². The first-order valence-corrected chi connectivity index (χ1v) is 11.6. The fourth-order valence-corrected chi connectivity index (χ4v) is 4.14. The lowest BCUT2D eigenvalue weighted by molar-refractivity contribution is -0.127. The molecule has 3 amide bonds. The summed E-state index contributed by atoms with van der Waals surface area (Å²) in [5, 5.41) is 5.79. The third-order valence-electron chi connectivity index (χ3n) is 6.01. The van der Waals surface area contributed by atoms with Crippen molar-refractivity contribution in [2.75, 3.05) is 18.4 Å².